The van der Waals surface area contributed by atoms with Crippen molar-refractivity contribution in [3.05, 3.63) is 42.2 Å². The van der Waals surface area contributed by atoms with Crippen LogP contribution in [0.2, 0.25) is 0 Å². The number of benzene rings is 1. The first-order valence-corrected chi connectivity index (χ1v) is 3.36. The summed E-state index contributed by atoms with van der Waals surface area (Å²) in [7, 11) is 0. The molecule has 1 nitrogen and oxygen atoms in total. The van der Waals surface area contributed by atoms with Gasteiger partial charge < -0.3 is 4.74 Å². The van der Waals surface area contributed by atoms with Gasteiger partial charge in [0.05, 0.1) is 6.26 Å². The lowest BCUT2D eigenvalue weighted by molar-refractivity contribution is 0.464. The molecule has 11 heavy (non-hydrogen) atoms. The fraction of sp³-hybridized carbons (Fsp3) is 0.111. The summed E-state index contributed by atoms with van der Waals surface area (Å²) in [5.74, 6) is 0.991. The van der Waals surface area contributed by atoms with Crippen molar-refractivity contribution < 1.29 is 4.74 Å². The van der Waals surface area contributed by atoms with Crippen LogP contribution in [0, 0.1) is 0 Å². The molecule has 1 heterocycles. The van der Waals surface area contributed by atoms with Gasteiger partial charge in [0.25, 0.3) is 0 Å². The predicted octanol–water partition coefficient (Wildman–Crippen LogP) is 1.75. The van der Waals surface area contributed by atoms with Gasteiger partial charge in [-0.1, -0.05) is 18.2 Å². The van der Waals surface area contributed by atoms with Crippen molar-refractivity contribution in [3.8, 4) is 5.75 Å². The van der Waals surface area contributed by atoms with Crippen molar-refractivity contribution in [1.29, 1.82) is 0 Å². The van der Waals surface area contributed by atoms with E-state index in [4.69, 9.17) is 4.74 Å². The Bertz CT molecular complexity index is 241. The van der Waals surface area contributed by atoms with Crippen molar-refractivity contribution >= 4 is 8.41 Å². The molecular weight excluding hydrogens is 135 g/mol. The molecule has 2 rings (SSSR count). The van der Waals surface area contributed by atoms with Gasteiger partial charge in [-0.25, -0.2) is 0 Å². The minimum Gasteiger partial charge on any atom is -0.465 e. The minimum absolute atomic E-state index is 0. The third kappa shape index (κ3) is 1.45. The Labute approximate surface area is 68.3 Å². The molecule has 0 unspecified atom stereocenters. The lowest BCUT2D eigenvalue weighted by Crippen LogP contribution is -1.94. The van der Waals surface area contributed by atoms with Crippen LogP contribution in [0.5, 0.6) is 5.75 Å². The first kappa shape index (κ1) is 7.93. The highest BCUT2D eigenvalue weighted by Gasteiger charge is 2.02. The van der Waals surface area contributed by atoms with E-state index in [-0.39, 0.29) is 8.41 Å². The van der Waals surface area contributed by atoms with Gasteiger partial charge in [0.1, 0.15) is 5.75 Å². The zero-order valence-electron chi connectivity index (χ0n) is 6.16. The van der Waals surface area contributed by atoms with Crippen molar-refractivity contribution in [2.45, 2.75) is 6.42 Å². The second-order valence-electron chi connectivity index (χ2n) is 2.30. The maximum atomic E-state index is 5.24. The summed E-state index contributed by atoms with van der Waals surface area (Å²) in [5.41, 5.74) is 1.27. The van der Waals surface area contributed by atoms with Crippen LogP contribution >= 0.6 is 0 Å². The molecular formula is C9H8BO. The van der Waals surface area contributed by atoms with Crippen LogP contribution in [0.15, 0.2) is 36.6 Å². The molecule has 3 radical (unpaired) electrons. The first-order chi connectivity index (χ1) is 4.97. The SMILES string of the molecule is C1=COc2ccccc2C1.[B]. The molecule has 1 aromatic carbocycles. The van der Waals surface area contributed by atoms with E-state index in [1.54, 1.807) is 6.26 Å². The molecule has 0 spiro atoms. The topological polar surface area (TPSA) is 9.23 Å². The van der Waals surface area contributed by atoms with E-state index < -0.39 is 0 Å². The normalized spacial score (nSPS) is 12.7. The lowest BCUT2D eigenvalue weighted by atomic mass is 10.1. The van der Waals surface area contributed by atoms with Crippen molar-refractivity contribution in [1.82, 2.24) is 0 Å². The molecule has 0 atom stereocenters. The Morgan fingerprint density at radius 3 is 2.82 bits per heavy atom. The fourth-order valence-corrected chi connectivity index (χ4v) is 1.08. The number of hydrogen-bond acceptors (Lipinski definition) is 1. The number of rotatable bonds is 0. The highest BCUT2D eigenvalue weighted by atomic mass is 16.5. The molecule has 0 saturated heterocycles. The molecule has 1 aliphatic heterocycles. The second-order valence-corrected chi connectivity index (χ2v) is 2.30. The van der Waals surface area contributed by atoms with E-state index in [0.29, 0.717) is 0 Å². The van der Waals surface area contributed by atoms with E-state index >= 15 is 0 Å². The summed E-state index contributed by atoms with van der Waals surface area (Å²) in [4.78, 5) is 0. The average Bonchev–Trinajstić information content (AvgIpc) is 2.05. The fourth-order valence-electron chi connectivity index (χ4n) is 1.08. The quantitative estimate of drug-likeness (QED) is 0.502. The number of hydrogen-bond donors (Lipinski definition) is 0. The molecule has 0 bridgehead atoms. The third-order valence-electron chi connectivity index (χ3n) is 1.60. The van der Waals surface area contributed by atoms with E-state index in [0.717, 1.165) is 12.2 Å². The van der Waals surface area contributed by atoms with E-state index in [1.807, 2.05) is 24.3 Å². The van der Waals surface area contributed by atoms with Crippen LogP contribution < -0.4 is 4.74 Å². The third-order valence-corrected chi connectivity index (χ3v) is 1.60. The Morgan fingerprint density at radius 1 is 1.18 bits per heavy atom. The van der Waals surface area contributed by atoms with Gasteiger partial charge in [0.15, 0.2) is 0 Å². The summed E-state index contributed by atoms with van der Waals surface area (Å²) in [6, 6.07) is 8.08. The Morgan fingerprint density at radius 2 is 2.00 bits per heavy atom. The largest absolute Gasteiger partial charge is 0.465 e. The van der Waals surface area contributed by atoms with Gasteiger partial charge in [-0.2, -0.15) is 0 Å². The predicted molar refractivity (Wildman–Crippen MR) is 45.7 cm³/mol. The van der Waals surface area contributed by atoms with E-state index in [9.17, 15) is 0 Å². The van der Waals surface area contributed by atoms with Crippen LogP contribution in [-0.4, -0.2) is 8.41 Å². The molecule has 1 aromatic rings. The van der Waals surface area contributed by atoms with Gasteiger partial charge >= 0.3 is 0 Å². The first-order valence-electron chi connectivity index (χ1n) is 3.36. The minimum atomic E-state index is 0. The summed E-state index contributed by atoms with van der Waals surface area (Å²) in [6.07, 6.45) is 4.75. The highest BCUT2D eigenvalue weighted by Crippen LogP contribution is 2.21. The zero-order valence-corrected chi connectivity index (χ0v) is 6.16. The zero-order chi connectivity index (χ0) is 6.81. The Hall–Kier alpha value is -1.18. The number of ether oxygens (including phenoxy) is 1. The molecule has 0 saturated carbocycles. The summed E-state index contributed by atoms with van der Waals surface area (Å²) in [6.45, 7) is 0. The Balaban J connectivity index is 0.000000605. The van der Waals surface area contributed by atoms with Crippen molar-refractivity contribution in [2.24, 2.45) is 0 Å². The number of allylic oxidation sites excluding steroid dienone is 1. The van der Waals surface area contributed by atoms with Gasteiger partial charge in [-0.05, 0) is 24.1 Å². The lowest BCUT2D eigenvalue weighted by Gasteiger charge is -2.09. The molecule has 0 fully saturated rings. The van der Waals surface area contributed by atoms with Gasteiger partial charge in [0, 0.05) is 8.41 Å². The van der Waals surface area contributed by atoms with Crippen molar-refractivity contribution in [3.63, 3.8) is 0 Å². The van der Waals surface area contributed by atoms with E-state index in [1.165, 1.54) is 5.56 Å². The highest BCUT2D eigenvalue weighted by molar-refractivity contribution is 5.75. The second kappa shape index (κ2) is 3.29. The summed E-state index contributed by atoms with van der Waals surface area (Å²) >= 11 is 0. The van der Waals surface area contributed by atoms with Crippen molar-refractivity contribution in [2.75, 3.05) is 0 Å². The average molecular weight is 143 g/mol. The standard InChI is InChI=1S/C9H8O.B/c1-2-6-9-8(4-1)5-3-7-10-9;/h1-4,6-7H,5H2;. The summed E-state index contributed by atoms with van der Waals surface area (Å²) < 4.78 is 5.24. The van der Waals surface area contributed by atoms with Crippen LogP contribution in [-0.2, 0) is 6.42 Å². The van der Waals surface area contributed by atoms with E-state index in [2.05, 4.69) is 6.07 Å². The maximum absolute atomic E-state index is 5.24. The van der Waals surface area contributed by atoms with Gasteiger partial charge in [-0.15, -0.1) is 0 Å². The monoisotopic (exact) mass is 143 g/mol. The van der Waals surface area contributed by atoms with Crippen LogP contribution in [0.4, 0.5) is 0 Å². The van der Waals surface area contributed by atoms with Gasteiger partial charge in [0.2, 0.25) is 0 Å². The number of fused-ring (bicyclic) bond motifs is 1. The molecule has 0 N–H and O–H groups in total. The molecule has 53 valence electrons. The van der Waals surface area contributed by atoms with Gasteiger partial charge in [-0.3, -0.25) is 0 Å². The molecule has 0 amide bonds. The molecule has 1 aliphatic rings. The Kier molecular flexibility index (Phi) is 2.37. The maximum Gasteiger partial charge on any atom is 0.130 e. The van der Waals surface area contributed by atoms with Crippen LogP contribution in [0.3, 0.4) is 0 Å². The molecule has 0 aromatic heterocycles. The van der Waals surface area contributed by atoms with Crippen LogP contribution in [0.25, 0.3) is 0 Å². The summed E-state index contributed by atoms with van der Waals surface area (Å²) in [5, 5.41) is 0. The smallest absolute Gasteiger partial charge is 0.130 e. The molecule has 2 heteroatoms. The number of para-hydroxylation sites is 1. The van der Waals surface area contributed by atoms with Crippen LogP contribution in [0.1, 0.15) is 5.56 Å². The molecule has 0 aliphatic carbocycles.